The second-order valence-corrected chi connectivity index (χ2v) is 10.8. The Morgan fingerprint density at radius 2 is 1.38 bits per heavy atom. The molecule has 42 heavy (non-hydrogen) atoms. The first kappa shape index (κ1) is 27.5. The van der Waals surface area contributed by atoms with Gasteiger partial charge >= 0.3 is 5.97 Å². The van der Waals surface area contributed by atoms with Crippen LogP contribution in [0.25, 0.3) is 54.7 Å². The minimum Gasteiger partial charge on any atom is -0.460 e. The molecule has 0 radical (unpaired) electrons. The van der Waals surface area contributed by atoms with Gasteiger partial charge in [-0.1, -0.05) is 73.8 Å². The van der Waals surface area contributed by atoms with E-state index in [1.165, 1.54) is 10.8 Å². The van der Waals surface area contributed by atoms with E-state index in [2.05, 4.69) is 101 Å². The summed E-state index contributed by atoms with van der Waals surface area (Å²) in [6.07, 6.45) is -0.985. The summed E-state index contributed by atoms with van der Waals surface area (Å²) in [5.74, 6) is -0.374. The zero-order valence-corrected chi connectivity index (χ0v) is 24.0. The van der Waals surface area contributed by atoms with Gasteiger partial charge in [0.1, 0.15) is 6.61 Å². The third-order valence-corrected chi connectivity index (χ3v) is 7.78. The Kier molecular flexibility index (Phi) is 7.42. The molecule has 0 aliphatic carbocycles. The van der Waals surface area contributed by atoms with Gasteiger partial charge in [0.25, 0.3) is 0 Å². The first-order valence-electron chi connectivity index (χ1n) is 14.1. The molecule has 2 aromatic heterocycles. The van der Waals surface area contributed by atoms with Crippen molar-refractivity contribution in [2.45, 2.75) is 33.2 Å². The minimum atomic E-state index is -0.985. The van der Waals surface area contributed by atoms with Crippen molar-refractivity contribution in [3.63, 3.8) is 0 Å². The molecule has 2 heterocycles. The molecule has 6 rings (SSSR count). The van der Waals surface area contributed by atoms with Gasteiger partial charge in [0, 0.05) is 55.8 Å². The topological polar surface area (TPSA) is 65.6 Å². The van der Waals surface area contributed by atoms with Crippen molar-refractivity contribution < 1.29 is 19.4 Å². The van der Waals surface area contributed by atoms with E-state index >= 15 is 0 Å². The van der Waals surface area contributed by atoms with Crippen molar-refractivity contribution >= 4 is 49.6 Å². The van der Waals surface area contributed by atoms with Gasteiger partial charge in [-0.05, 0) is 49.2 Å². The number of hydrogen-bond acceptors (Lipinski definition) is 4. The van der Waals surface area contributed by atoms with Gasteiger partial charge in [-0.2, -0.15) is 0 Å². The Hall–Kier alpha value is -4.65. The van der Waals surface area contributed by atoms with Crippen LogP contribution in [0.1, 0.15) is 13.8 Å². The summed E-state index contributed by atoms with van der Waals surface area (Å²) >= 11 is 0. The van der Waals surface area contributed by atoms with Crippen LogP contribution in [0.2, 0.25) is 0 Å². The second-order valence-electron chi connectivity index (χ2n) is 10.8. The third kappa shape index (κ3) is 4.89. The van der Waals surface area contributed by atoms with Crippen molar-refractivity contribution in [3.8, 4) is 11.1 Å². The Labute approximate surface area is 244 Å². The van der Waals surface area contributed by atoms with E-state index in [1.54, 1.807) is 13.8 Å². The van der Waals surface area contributed by atoms with Crippen LogP contribution in [-0.4, -0.2) is 39.7 Å². The summed E-state index contributed by atoms with van der Waals surface area (Å²) in [5.41, 5.74) is 7.64. The molecule has 0 saturated heterocycles. The number of fused-ring (bicyclic) bond motifs is 6. The Morgan fingerprint density at radius 3 is 2.10 bits per heavy atom. The second kappa shape index (κ2) is 11.3. The van der Waals surface area contributed by atoms with Crippen LogP contribution in [-0.2, 0) is 27.4 Å². The van der Waals surface area contributed by atoms with E-state index in [0.717, 1.165) is 44.0 Å². The summed E-state index contributed by atoms with van der Waals surface area (Å²) in [6, 6.07) is 29.7. The maximum absolute atomic E-state index is 12.0. The van der Waals surface area contributed by atoms with Crippen molar-refractivity contribution in [1.82, 2.24) is 9.13 Å². The molecule has 0 bridgehead atoms. The summed E-state index contributed by atoms with van der Waals surface area (Å²) < 4.78 is 15.6. The van der Waals surface area contributed by atoms with Crippen molar-refractivity contribution in [2.75, 3.05) is 13.2 Å². The number of rotatable bonds is 10. The molecule has 1 atom stereocenters. The van der Waals surface area contributed by atoms with Crippen molar-refractivity contribution in [3.05, 3.63) is 109 Å². The van der Waals surface area contributed by atoms with E-state index in [4.69, 9.17) is 9.47 Å². The van der Waals surface area contributed by atoms with Crippen LogP contribution in [0, 0.1) is 0 Å². The van der Waals surface area contributed by atoms with E-state index in [1.807, 2.05) is 6.07 Å². The van der Waals surface area contributed by atoms with Gasteiger partial charge in [0.2, 0.25) is 0 Å². The molecule has 4 aromatic carbocycles. The van der Waals surface area contributed by atoms with Gasteiger partial charge in [-0.3, -0.25) is 0 Å². The predicted octanol–water partition coefficient (Wildman–Crippen LogP) is 7.60. The van der Waals surface area contributed by atoms with Crippen molar-refractivity contribution in [1.29, 1.82) is 0 Å². The number of aliphatic hydroxyl groups is 1. The first-order chi connectivity index (χ1) is 20.3. The van der Waals surface area contributed by atoms with Crippen LogP contribution in [0.3, 0.4) is 0 Å². The van der Waals surface area contributed by atoms with Crippen LogP contribution >= 0.6 is 0 Å². The highest BCUT2D eigenvalue weighted by Gasteiger charge is 2.17. The molecule has 0 amide bonds. The highest BCUT2D eigenvalue weighted by molar-refractivity contribution is 6.14. The number of para-hydroxylation sites is 3. The van der Waals surface area contributed by atoms with Gasteiger partial charge in [-0.25, -0.2) is 4.79 Å². The van der Waals surface area contributed by atoms with E-state index < -0.39 is 6.29 Å². The van der Waals surface area contributed by atoms with Crippen LogP contribution in [0.15, 0.2) is 109 Å². The number of nitrogens with zero attached hydrogens (tertiary/aromatic N) is 2. The maximum Gasteiger partial charge on any atom is 0.333 e. The zero-order valence-electron chi connectivity index (χ0n) is 24.0. The number of hydrogen-bond donors (Lipinski definition) is 1. The SMILES string of the molecule is C=C(C)C(=O)OCCn1c2ccccc2c2cc(-c3cccc4c5ccccc5n(CCOC(O)C(=C)C)c34)ccc21. The lowest BCUT2D eigenvalue weighted by Gasteiger charge is -2.15. The standard InChI is InChI=1S/C36H34N2O4/c1-23(2)35(39)41-20-18-37-31-14-7-6-11-28(31)30-22-25(16-17-33(30)37)26-12-9-13-29-27-10-5-8-15-32(27)38(34(26)29)19-21-42-36(40)24(3)4/h5-17,22,36,40H,1,3,18-21H2,2,4H3. The lowest BCUT2D eigenvalue weighted by Crippen LogP contribution is -2.16. The number of carbonyl (C=O) groups is 1. The highest BCUT2D eigenvalue weighted by atomic mass is 16.6. The molecule has 1 unspecified atom stereocenters. The summed E-state index contributed by atoms with van der Waals surface area (Å²) in [7, 11) is 0. The molecule has 6 aromatic rings. The largest absolute Gasteiger partial charge is 0.460 e. The maximum atomic E-state index is 12.0. The number of aliphatic hydroxyl groups excluding tert-OH is 1. The fourth-order valence-electron chi connectivity index (χ4n) is 5.79. The van der Waals surface area contributed by atoms with Crippen LogP contribution in [0.4, 0.5) is 0 Å². The number of ether oxygens (including phenoxy) is 2. The molecule has 0 spiro atoms. The zero-order chi connectivity index (χ0) is 29.4. The van der Waals surface area contributed by atoms with Crippen molar-refractivity contribution in [2.24, 2.45) is 0 Å². The smallest absolute Gasteiger partial charge is 0.333 e. The highest BCUT2D eigenvalue weighted by Crippen LogP contribution is 2.38. The molecule has 0 saturated carbocycles. The molecule has 212 valence electrons. The minimum absolute atomic E-state index is 0.267. The average molecular weight is 559 g/mol. The molecule has 1 N–H and O–H groups in total. The fourth-order valence-corrected chi connectivity index (χ4v) is 5.79. The fraction of sp³-hybridized carbons (Fsp3) is 0.194. The molecule has 0 aliphatic heterocycles. The number of benzene rings is 4. The van der Waals surface area contributed by atoms with E-state index in [9.17, 15) is 9.90 Å². The molecular weight excluding hydrogens is 524 g/mol. The molecule has 0 aliphatic rings. The molecule has 6 nitrogen and oxygen atoms in total. The van der Waals surface area contributed by atoms with Gasteiger partial charge in [-0.15, -0.1) is 0 Å². The Bertz CT molecular complexity index is 1990. The number of esters is 1. The quantitative estimate of drug-likeness (QED) is 0.0814. The van der Waals surface area contributed by atoms with Gasteiger partial charge in [0.15, 0.2) is 6.29 Å². The normalized spacial score (nSPS) is 12.4. The average Bonchev–Trinajstić information content (AvgIpc) is 3.49. The van der Waals surface area contributed by atoms with Gasteiger partial charge in [0.05, 0.1) is 18.7 Å². The molecule has 6 heteroatoms. The number of carbonyl (C=O) groups excluding carboxylic acids is 1. The number of aromatic nitrogens is 2. The predicted molar refractivity (Wildman–Crippen MR) is 170 cm³/mol. The molecule has 0 fully saturated rings. The molecular formula is C36H34N2O4. The summed E-state index contributed by atoms with van der Waals surface area (Å²) in [5, 5.41) is 14.8. The lowest BCUT2D eigenvalue weighted by molar-refractivity contribution is -0.139. The van der Waals surface area contributed by atoms with Crippen LogP contribution in [0.5, 0.6) is 0 Å². The lowest BCUT2D eigenvalue weighted by atomic mass is 10.00. The monoisotopic (exact) mass is 558 g/mol. The summed E-state index contributed by atoms with van der Waals surface area (Å²) in [4.78, 5) is 12.0. The van der Waals surface area contributed by atoms with Gasteiger partial charge < -0.3 is 23.7 Å². The van der Waals surface area contributed by atoms with E-state index in [0.29, 0.717) is 30.8 Å². The Balaban J connectivity index is 1.46. The first-order valence-corrected chi connectivity index (χ1v) is 14.1. The van der Waals surface area contributed by atoms with Crippen LogP contribution < -0.4 is 0 Å². The Morgan fingerprint density at radius 1 is 0.762 bits per heavy atom. The summed E-state index contributed by atoms with van der Waals surface area (Å²) in [6.45, 7) is 12.6. The third-order valence-electron chi connectivity index (χ3n) is 7.78. The van der Waals surface area contributed by atoms with E-state index in [-0.39, 0.29) is 12.6 Å².